The zero-order valence-electron chi connectivity index (χ0n) is 15.0. The van der Waals surface area contributed by atoms with E-state index in [1.54, 1.807) is 58.3 Å². The molecule has 1 aliphatic rings. The first-order valence-corrected chi connectivity index (χ1v) is 9.32. The maximum absolute atomic E-state index is 12.7. The van der Waals surface area contributed by atoms with Gasteiger partial charge in [0.2, 0.25) is 5.91 Å². The molecule has 0 radical (unpaired) electrons. The Hall–Kier alpha value is -3.06. The van der Waals surface area contributed by atoms with Crippen molar-refractivity contribution in [1.82, 2.24) is 14.4 Å². The lowest BCUT2D eigenvalue weighted by molar-refractivity contribution is -0.133. The number of hydrogen-bond donors (Lipinski definition) is 0. The van der Waals surface area contributed by atoms with Crippen molar-refractivity contribution in [2.24, 2.45) is 0 Å². The van der Waals surface area contributed by atoms with E-state index in [4.69, 9.17) is 16.0 Å². The predicted molar refractivity (Wildman–Crippen MR) is 104 cm³/mol. The molecule has 0 atom stereocenters. The SMILES string of the molecule is O=C(Cn1c(=O)oc2ccccc21)N1CCN(C(=O)c2ccc(Cl)cc2)CC1. The number of para-hydroxylation sites is 2. The number of aromatic nitrogens is 1. The topological polar surface area (TPSA) is 75.8 Å². The highest BCUT2D eigenvalue weighted by molar-refractivity contribution is 6.30. The average Bonchev–Trinajstić information content (AvgIpc) is 3.03. The summed E-state index contributed by atoms with van der Waals surface area (Å²) in [5, 5.41) is 0.578. The normalized spacial score (nSPS) is 14.5. The molecule has 1 saturated heterocycles. The fraction of sp³-hybridized carbons (Fsp3) is 0.250. The van der Waals surface area contributed by atoms with Crippen molar-refractivity contribution in [3.05, 3.63) is 69.7 Å². The summed E-state index contributed by atoms with van der Waals surface area (Å²) in [6.07, 6.45) is 0. The quantitative estimate of drug-likeness (QED) is 0.676. The standard InChI is InChI=1S/C20H18ClN3O4/c21-15-7-5-14(6-8-15)19(26)23-11-9-22(10-12-23)18(25)13-24-16-3-1-2-4-17(16)28-20(24)27/h1-8H,9-13H2. The van der Waals surface area contributed by atoms with Crippen molar-refractivity contribution in [1.29, 1.82) is 0 Å². The van der Waals surface area contributed by atoms with Crippen molar-refractivity contribution in [3.63, 3.8) is 0 Å². The summed E-state index contributed by atoms with van der Waals surface area (Å²) in [6, 6.07) is 13.8. The molecule has 2 aromatic carbocycles. The van der Waals surface area contributed by atoms with Crippen LogP contribution in [0.4, 0.5) is 0 Å². The molecular weight excluding hydrogens is 382 g/mol. The van der Waals surface area contributed by atoms with Gasteiger partial charge in [-0.2, -0.15) is 0 Å². The number of halogens is 1. The van der Waals surface area contributed by atoms with E-state index in [9.17, 15) is 14.4 Å². The average molecular weight is 400 g/mol. The maximum atomic E-state index is 12.7. The van der Waals surface area contributed by atoms with E-state index in [0.717, 1.165) is 0 Å². The molecule has 28 heavy (non-hydrogen) atoms. The van der Waals surface area contributed by atoms with Crippen LogP contribution in [0.1, 0.15) is 10.4 Å². The molecule has 2 heterocycles. The second kappa shape index (κ2) is 7.52. The number of carbonyl (C=O) groups excluding carboxylic acids is 2. The van der Waals surface area contributed by atoms with Gasteiger partial charge in [-0.3, -0.25) is 14.2 Å². The highest BCUT2D eigenvalue weighted by Crippen LogP contribution is 2.15. The highest BCUT2D eigenvalue weighted by Gasteiger charge is 2.25. The molecule has 4 rings (SSSR count). The van der Waals surface area contributed by atoms with E-state index < -0.39 is 5.76 Å². The monoisotopic (exact) mass is 399 g/mol. The van der Waals surface area contributed by atoms with Gasteiger partial charge in [-0.05, 0) is 36.4 Å². The van der Waals surface area contributed by atoms with Gasteiger partial charge in [0.25, 0.3) is 5.91 Å². The first-order valence-electron chi connectivity index (χ1n) is 8.94. The van der Waals surface area contributed by atoms with Gasteiger partial charge in [-0.15, -0.1) is 0 Å². The molecule has 1 fully saturated rings. The Morgan fingerprint density at radius 3 is 2.29 bits per heavy atom. The molecule has 0 spiro atoms. The largest absolute Gasteiger partial charge is 0.420 e. The van der Waals surface area contributed by atoms with Crippen LogP contribution in [0.15, 0.2) is 57.7 Å². The molecule has 7 nitrogen and oxygen atoms in total. The number of nitrogens with zero attached hydrogens (tertiary/aromatic N) is 3. The lowest BCUT2D eigenvalue weighted by Gasteiger charge is -2.34. The second-order valence-corrected chi connectivity index (χ2v) is 7.04. The van der Waals surface area contributed by atoms with E-state index >= 15 is 0 Å². The second-order valence-electron chi connectivity index (χ2n) is 6.60. The molecule has 0 bridgehead atoms. The molecule has 0 aliphatic carbocycles. The number of carbonyl (C=O) groups is 2. The van der Waals surface area contributed by atoms with Gasteiger partial charge in [-0.1, -0.05) is 23.7 Å². The van der Waals surface area contributed by atoms with Crippen LogP contribution in [0.2, 0.25) is 5.02 Å². The smallest absolute Gasteiger partial charge is 0.408 e. The fourth-order valence-corrected chi connectivity index (χ4v) is 3.46. The minimum Gasteiger partial charge on any atom is -0.408 e. The van der Waals surface area contributed by atoms with Gasteiger partial charge < -0.3 is 14.2 Å². The Morgan fingerprint density at radius 1 is 0.929 bits per heavy atom. The minimum atomic E-state index is -0.550. The summed E-state index contributed by atoms with van der Waals surface area (Å²) in [4.78, 5) is 40.6. The van der Waals surface area contributed by atoms with Crippen LogP contribution in [0.5, 0.6) is 0 Å². The van der Waals surface area contributed by atoms with Crippen LogP contribution in [0.3, 0.4) is 0 Å². The molecule has 0 unspecified atom stereocenters. The van der Waals surface area contributed by atoms with E-state index in [-0.39, 0.29) is 18.4 Å². The van der Waals surface area contributed by atoms with Crippen molar-refractivity contribution >= 4 is 34.5 Å². The number of benzene rings is 2. The van der Waals surface area contributed by atoms with Gasteiger partial charge in [0.1, 0.15) is 6.54 Å². The van der Waals surface area contributed by atoms with E-state index in [1.165, 1.54) is 4.57 Å². The van der Waals surface area contributed by atoms with E-state index in [1.807, 2.05) is 0 Å². The first kappa shape index (κ1) is 18.3. The van der Waals surface area contributed by atoms with Crippen LogP contribution in [-0.4, -0.2) is 52.4 Å². The Bertz CT molecular complexity index is 1080. The van der Waals surface area contributed by atoms with Gasteiger partial charge in [0.15, 0.2) is 5.58 Å². The molecule has 1 aliphatic heterocycles. The Kier molecular flexibility index (Phi) is 4.92. The third-order valence-electron chi connectivity index (χ3n) is 4.88. The summed E-state index contributed by atoms with van der Waals surface area (Å²) in [7, 11) is 0. The summed E-state index contributed by atoms with van der Waals surface area (Å²) < 4.78 is 6.50. The number of oxazole rings is 1. The van der Waals surface area contributed by atoms with Crippen LogP contribution < -0.4 is 5.76 Å². The molecule has 3 aromatic rings. The Balaban J connectivity index is 1.40. The Morgan fingerprint density at radius 2 is 1.57 bits per heavy atom. The minimum absolute atomic E-state index is 0.0824. The zero-order valence-corrected chi connectivity index (χ0v) is 15.8. The first-order chi connectivity index (χ1) is 13.5. The van der Waals surface area contributed by atoms with Gasteiger partial charge in [0.05, 0.1) is 5.52 Å². The highest BCUT2D eigenvalue weighted by atomic mass is 35.5. The molecule has 1 aromatic heterocycles. The summed E-state index contributed by atoms with van der Waals surface area (Å²) in [6.45, 7) is 1.63. The molecule has 0 saturated carbocycles. The number of piperazine rings is 1. The number of amides is 2. The number of fused-ring (bicyclic) bond motifs is 1. The van der Waals surface area contributed by atoms with E-state index in [0.29, 0.717) is 47.9 Å². The van der Waals surface area contributed by atoms with Gasteiger partial charge in [-0.25, -0.2) is 4.79 Å². The predicted octanol–water partition coefficient (Wildman–Crippen LogP) is 2.23. The number of hydrogen-bond acceptors (Lipinski definition) is 4. The zero-order chi connectivity index (χ0) is 19.7. The molecule has 144 valence electrons. The molecule has 0 N–H and O–H groups in total. The van der Waals surface area contributed by atoms with Crippen molar-refractivity contribution in [2.75, 3.05) is 26.2 Å². The summed E-state index contributed by atoms with van der Waals surface area (Å²) >= 11 is 5.86. The molecule has 8 heteroatoms. The molecule has 2 amide bonds. The fourth-order valence-electron chi connectivity index (χ4n) is 3.33. The van der Waals surface area contributed by atoms with Crippen LogP contribution in [0.25, 0.3) is 11.1 Å². The lowest BCUT2D eigenvalue weighted by Crippen LogP contribution is -2.51. The van der Waals surface area contributed by atoms with Crippen molar-refractivity contribution in [3.8, 4) is 0 Å². The summed E-state index contributed by atoms with van der Waals surface area (Å²) in [5.74, 6) is -0.806. The van der Waals surface area contributed by atoms with Gasteiger partial charge >= 0.3 is 5.76 Å². The number of rotatable bonds is 3. The van der Waals surface area contributed by atoms with Gasteiger partial charge in [0, 0.05) is 36.8 Å². The van der Waals surface area contributed by atoms with E-state index in [2.05, 4.69) is 0 Å². The molecular formula is C20H18ClN3O4. The Labute approximate surface area is 165 Å². The third-order valence-corrected chi connectivity index (χ3v) is 5.13. The van der Waals surface area contributed by atoms with Crippen LogP contribution in [-0.2, 0) is 11.3 Å². The van der Waals surface area contributed by atoms with Crippen molar-refractivity contribution < 1.29 is 14.0 Å². The summed E-state index contributed by atoms with van der Waals surface area (Å²) in [5.41, 5.74) is 1.62. The lowest BCUT2D eigenvalue weighted by atomic mass is 10.2. The van der Waals surface area contributed by atoms with Crippen LogP contribution in [0, 0.1) is 0 Å². The third kappa shape index (κ3) is 3.53. The van der Waals surface area contributed by atoms with Crippen molar-refractivity contribution in [2.45, 2.75) is 6.54 Å². The van der Waals surface area contributed by atoms with Crippen LogP contribution >= 0.6 is 11.6 Å². The maximum Gasteiger partial charge on any atom is 0.420 e.